The number of hydrogen-bond acceptors (Lipinski definition) is 5. The maximum absolute atomic E-state index is 11.5. The molecule has 0 spiro atoms. The fourth-order valence-electron chi connectivity index (χ4n) is 2.81. The first-order valence-electron chi connectivity index (χ1n) is 8.04. The van der Waals surface area contributed by atoms with Gasteiger partial charge in [0.1, 0.15) is 5.82 Å². The van der Waals surface area contributed by atoms with Crippen LogP contribution in [-0.2, 0) is 13.0 Å². The topological polar surface area (TPSA) is 84.1 Å². The van der Waals surface area contributed by atoms with E-state index in [4.69, 9.17) is 5.73 Å². The van der Waals surface area contributed by atoms with Crippen LogP contribution in [0.25, 0.3) is 11.1 Å². The maximum Gasteiger partial charge on any atom is 0.320 e. The third kappa shape index (κ3) is 3.68. The van der Waals surface area contributed by atoms with E-state index in [0.29, 0.717) is 12.4 Å². The fourth-order valence-corrected chi connectivity index (χ4v) is 3.29. The number of carbonyl (C=O) groups excluding carboxylic acids is 1. The summed E-state index contributed by atoms with van der Waals surface area (Å²) in [7, 11) is 0. The zero-order valence-corrected chi connectivity index (χ0v) is 14.5. The predicted octanol–water partition coefficient (Wildman–Crippen LogP) is 2.73. The first kappa shape index (κ1) is 16.7. The molecule has 0 atom stereocenters. The molecule has 0 unspecified atom stereocenters. The summed E-state index contributed by atoms with van der Waals surface area (Å²) in [5.41, 5.74) is 9.67. The van der Waals surface area contributed by atoms with Gasteiger partial charge in [-0.15, -0.1) is 0 Å². The van der Waals surface area contributed by atoms with E-state index in [1.807, 2.05) is 12.4 Å². The lowest BCUT2D eigenvalue weighted by atomic mass is 10.0. The van der Waals surface area contributed by atoms with Gasteiger partial charge in [0, 0.05) is 48.6 Å². The molecule has 1 aliphatic rings. The summed E-state index contributed by atoms with van der Waals surface area (Å²) in [5, 5.41) is 0. The Labute approximate surface area is 146 Å². The van der Waals surface area contributed by atoms with E-state index in [2.05, 4.69) is 33.7 Å². The van der Waals surface area contributed by atoms with Gasteiger partial charge in [-0.05, 0) is 36.1 Å². The lowest BCUT2D eigenvalue weighted by molar-refractivity contribution is 0.253. The highest BCUT2D eigenvalue weighted by molar-refractivity contribution is 7.97. The number of amides is 2. The van der Waals surface area contributed by atoms with Crippen LogP contribution in [0.15, 0.2) is 30.7 Å². The molecular formula is C17H21N5OS. The second kappa shape index (κ2) is 7.63. The van der Waals surface area contributed by atoms with E-state index in [9.17, 15) is 4.79 Å². The van der Waals surface area contributed by atoms with Crippen molar-refractivity contribution in [2.24, 2.45) is 5.73 Å². The highest BCUT2D eigenvalue weighted by Crippen LogP contribution is 2.29. The number of urea groups is 1. The standard InChI is InChI=1S/C17H21N5OS/c1-2-24-21-9-12-6-14(10-19-8-12)15-7-13-4-3-5-22(17(18)23)16(13)20-11-15/h6-8,10-11,21H,2-5,9H2,1H3,(H2,18,23). The molecule has 3 N–H and O–H groups in total. The van der Waals surface area contributed by atoms with Gasteiger partial charge >= 0.3 is 6.03 Å². The van der Waals surface area contributed by atoms with Crippen LogP contribution in [0.1, 0.15) is 24.5 Å². The lowest BCUT2D eigenvalue weighted by Gasteiger charge is -2.26. The number of fused-ring (bicyclic) bond motifs is 1. The molecule has 0 radical (unpaired) electrons. The van der Waals surface area contributed by atoms with Gasteiger partial charge in [-0.1, -0.05) is 18.9 Å². The van der Waals surface area contributed by atoms with E-state index in [0.717, 1.165) is 47.4 Å². The second-order valence-electron chi connectivity index (χ2n) is 5.64. The van der Waals surface area contributed by atoms with Crippen molar-refractivity contribution in [1.82, 2.24) is 14.7 Å². The number of rotatable bonds is 5. The van der Waals surface area contributed by atoms with E-state index in [1.54, 1.807) is 23.0 Å². The molecule has 3 rings (SSSR count). The number of aryl methyl sites for hydroxylation is 1. The zero-order valence-electron chi connectivity index (χ0n) is 13.7. The van der Waals surface area contributed by atoms with E-state index < -0.39 is 6.03 Å². The summed E-state index contributed by atoms with van der Waals surface area (Å²) in [4.78, 5) is 21.9. The summed E-state index contributed by atoms with van der Waals surface area (Å²) in [6.07, 6.45) is 7.30. The van der Waals surface area contributed by atoms with Gasteiger partial charge < -0.3 is 5.73 Å². The lowest BCUT2D eigenvalue weighted by Crippen LogP contribution is -2.40. The average Bonchev–Trinajstić information content (AvgIpc) is 2.61. The normalized spacial score (nSPS) is 13.6. The molecule has 1 aliphatic heterocycles. The van der Waals surface area contributed by atoms with Gasteiger partial charge in [0.15, 0.2) is 0 Å². The minimum atomic E-state index is -0.445. The highest BCUT2D eigenvalue weighted by Gasteiger charge is 2.22. The number of carbonyl (C=O) groups is 1. The molecule has 0 aliphatic carbocycles. The summed E-state index contributed by atoms with van der Waals surface area (Å²) in [6.45, 7) is 3.51. The summed E-state index contributed by atoms with van der Waals surface area (Å²) in [5.74, 6) is 1.71. The molecule has 0 aromatic carbocycles. The van der Waals surface area contributed by atoms with Gasteiger partial charge in [0.2, 0.25) is 0 Å². The zero-order chi connectivity index (χ0) is 16.9. The van der Waals surface area contributed by atoms with Crippen LogP contribution in [-0.4, -0.2) is 28.3 Å². The van der Waals surface area contributed by atoms with Crippen LogP contribution in [0.4, 0.5) is 10.6 Å². The van der Waals surface area contributed by atoms with Crippen molar-refractivity contribution in [2.75, 3.05) is 17.2 Å². The third-order valence-electron chi connectivity index (χ3n) is 3.94. The smallest absolute Gasteiger partial charge is 0.320 e. The largest absolute Gasteiger partial charge is 0.351 e. The van der Waals surface area contributed by atoms with Crippen molar-refractivity contribution in [3.63, 3.8) is 0 Å². The van der Waals surface area contributed by atoms with Crippen LogP contribution in [0.2, 0.25) is 0 Å². The number of pyridine rings is 2. The molecule has 3 heterocycles. The number of anilines is 1. The summed E-state index contributed by atoms with van der Waals surface area (Å²) >= 11 is 1.69. The molecule has 0 saturated heterocycles. The summed E-state index contributed by atoms with van der Waals surface area (Å²) < 4.78 is 3.30. The molecule has 0 bridgehead atoms. The fraction of sp³-hybridized carbons (Fsp3) is 0.353. The third-order valence-corrected chi connectivity index (χ3v) is 4.58. The Balaban J connectivity index is 1.85. The van der Waals surface area contributed by atoms with E-state index in [1.165, 1.54) is 0 Å². The van der Waals surface area contributed by atoms with Crippen LogP contribution < -0.4 is 15.4 Å². The number of primary amides is 1. The van der Waals surface area contributed by atoms with E-state index in [-0.39, 0.29) is 0 Å². The van der Waals surface area contributed by atoms with E-state index >= 15 is 0 Å². The number of hydrogen-bond donors (Lipinski definition) is 2. The molecule has 0 fully saturated rings. The Kier molecular flexibility index (Phi) is 5.32. The van der Waals surface area contributed by atoms with Crippen molar-refractivity contribution < 1.29 is 4.79 Å². The second-order valence-corrected chi connectivity index (χ2v) is 6.79. The monoisotopic (exact) mass is 343 g/mol. The molecule has 0 saturated carbocycles. The Bertz CT molecular complexity index is 737. The number of nitrogens with two attached hydrogens (primary N) is 1. The van der Waals surface area contributed by atoms with Crippen molar-refractivity contribution >= 4 is 23.8 Å². The Morgan fingerprint density at radius 3 is 2.96 bits per heavy atom. The minimum absolute atomic E-state index is 0.445. The molecular weight excluding hydrogens is 322 g/mol. The number of aromatic nitrogens is 2. The van der Waals surface area contributed by atoms with Crippen molar-refractivity contribution in [2.45, 2.75) is 26.3 Å². The first-order chi connectivity index (χ1) is 11.7. The van der Waals surface area contributed by atoms with Gasteiger partial charge in [0.05, 0.1) is 0 Å². The maximum atomic E-state index is 11.5. The van der Waals surface area contributed by atoms with Crippen LogP contribution in [0.3, 0.4) is 0 Å². The number of nitrogens with zero attached hydrogens (tertiary/aromatic N) is 3. The van der Waals surface area contributed by atoms with Crippen LogP contribution in [0.5, 0.6) is 0 Å². The van der Waals surface area contributed by atoms with Gasteiger partial charge in [0.25, 0.3) is 0 Å². The molecule has 6 nitrogen and oxygen atoms in total. The quantitative estimate of drug-likeness (QED) is 0.644. The van der Waals surface area contributed by atoms with Crippen molar-refractivity contribution in [3.05, 3.63) is 41.9 Å². The minimum Gasteiger partial charge on any atom is -0.351 e. The SMILES string of the molecule is CCSNCc1cncc(-c2cnc3c(c2)CCCN3C(N)=O)c1. The number of nitrogens with one attached hydrogen (secondary N) is 1. The first-order valence-corrected chi connectivity index (χ1v) is 9.02. The Morgan fingerprint density at radius 1 is 1.33 bits per heavy atom. The van der Waals surface area contributed by atoms with Crippen LogP contribution in [0, 0.1) is 0 Å². The molecule has 2 aromatic heterocycles. The molecule has 2 amide bonds. The molecule has 2 aromatic rings. The van der Waals surface area contributed by atoms with Gasteiger partial charge in [-0.2, -0.15) is 0 Å². The molecule has 7 heteroatoms. The molecule has 126 valence electrons. The molecule has 24 heavy (non-hydrogen) atoms. The Morgan fingerprint density at radius 2 is 2.17 bits per heavy atom. The average molecular weight is 343 g/mol. The predicted molar refractivity (Wildman–Crippen MR) is 97.7 cm³/mol. The van der Waals surface area contributed by atoms with Crippen molar-refractivity contribution in [3.8, 4) is 11.1 Å². The summed E-state index contributed by atoms with van der Waals surface area (Å²) in [6, 6.07) is 3.76. The highest BCUT2D eigenvalue weighted by atomic mass is 32.2. The van der Waals surface area contributed by atoms with Gasteiger partial charge in [-0.3, -0.25) is 14.6 Å². The van der Waals surface area contributed by atoms with Crippen molar-refractivity contribution in [1.29, 1.82) is 0 Å². The van der Waals surface area contributed by atoms with Gasteiger partial charge in [-0.25, -0.2) is 9.78 Å². The Hall–Kier alpha value is -2.12. The van der Waals surface area contributed by atoms with Crippen LogP contribution >= 0.6 is 11.9 Å².